The van der Waals surface area contributed by atoms with Gasteiger partial charge in [-0.1, -0.05) is 12.1 Å². The van der Waals surface area contributed by atoms with Crippen LogP contribution in [0.5, 0.6) is 0 Å². The summed E-state index contributed by atoms with van der Waals surface area (Å²) >= 11 is 0. The third-order valence-corrected chi connectivity index (χ3v) is 5.41. The van der Waals surface area contributed by atoms with Gasteiger partial charge in [-0.05, 0) is 48.4 Å². The zero-order valence-electron chi connectivity index (χ0n) is 19.1. The molecule has 2 amide bonds. The molecule has 3 rings (SSSR count). The molecule has 0 saturated heterocycles. The molecule has 2 aromatic heterocycles. The normalized spacial score (nSPS) is 10.9. The zero-order valence-corrected chi connectivity index (χ0v) is 19.1. The summed E-state index contributed by atoms with van der Waals surface area (Å²) in [5, 5.41) is 0. The Balaban J connectivity index is 1.73. The van der Waals surface area contributed by atoms with Crippen molar-refractivity contribution in [3.8, 4) is 0 Å². The van der Waals surface area contributed by atoms with Gasteiger partial charge in [-0.3, -0.25) is 9.59 Å². The van der Waals surface area contributed by atoms with Crippen molar-refractivity contribution < 1.29 is 23.1 Å². The van der Waals surface area contributed by atoms with Gasteiger partial charge in [-0.25, -0.2) is 4.39 Å². The lowest BCUT2D eigenvalue weighted by Gasteiger charge is -2.27. The first-order chi connectivity index (χ1) is 16.0. The molecule has 2 heterocycles. The molecule has 8 heteroatoms. The lowest BCUT2D eigenvalue weighted by atomic mass is 10.1. The van der Waals surface area contributed by atoms with E-state index in [4.69, 9.17) is 9.15 Å². The summed E-state index contributed by atoms with van der Waals surface area (Å²) < 4.78 is 25.8. The van der Waals surface area contributed by atoms with Crippen molar-refractivity contribution in [3.63, 3.8) is 0 Å². The lowest BCUT2D eigenvalue weighted by molar-refractivity contribution is -0.141. The fraction of sp³-hybridized carbons (Fsp3) is 0.360. The smallest absolute Gasteiger partial charge is 0.242 e. The first kappa shape index (κ1) is 24.3. The van der Waals surface area contributed by atoms with Gasteiger partial charge in [-0.2, -0.15) is 0 Å². The van der Waals surface area contributed by atoms with Gasteiger partial charge in [0.25, 0.3) is 0 Å². The van der Waals surface area contributed by atoms with Crippen LogP contribution < -0.4 is 0 Å². The van der Waals surface area contributed by atoms with E-state index in [2.05, 4.69) is 0 Å². The number of hydrogen-bond donors (Lipinski definition) is 0. The number of rotatable bonds is 12. The van der Waals surface area contributed by atoms with Crippen LogP contribution in [0.1, 0.15) is 23.4 Å². The fourth-order valence-electron chi connectivity index (χ4n) is 3.52. The van der Waals surface area contributed by atoms with Crippen LogP contribution in [0.4, 0.5) is 4.39 Å². The minimum absolute atomic E-state index is 0.0606. The standard InChI is InChI=1S/C25H30FN3O4/c1-27-12-3-6-22(27)17-29(18-23-7-4-15-33-23)25(31)19-28(13-5-14-32-2)24(30)16-20-8-10-21(26)11-9-20/h3-4,6-12,15H,5,13-14,16-19H2,1-2H3. The number of carbonyl (C=O) groups is 2. The molecule has 0 saturated carbocycles. The summed E-state index contributed by atoms with van der Waals surface area (Å²) in [5.41, 5.74) is 1.67. The van der Waals surface area contributed by atoms with Gasteiger partial charge in [0.15, 0.2) is 0 Å². The summed E-state index contributed by atoms with van der Waals surface area (Å²) in [6.45, 7) is 1.50. The van der Waals surface area contributed by atoms with Gasteiger partial charge in [-0.15, -0.1) is 0 Å². The Kier molecular flexibility index (Phi) is 8.83. The van der Waals surface area contributed by atoms with E-state index in [1.807, 2.05) is 36.0 Å². The third kappa shape index (κ3) is 7.32. The topological polar surface area (TPSA) is 67.9 Å². The van der Waals surface area contributed by atoms with Gasteiger partial charge in [0, 0.05) is 39.2 Å². The van der Waals surface area contributed by atoms with E-state index in [0.717, 1.165) is 5.69 Å². The molecule has 0 atom stereocenters. The van der Waals surface area contributed by atoms with E-state index < -0.39 is 0 Å². The van der Waals surface area contributed by atoms with E-state index in [0.29, 0.717) is 44.0 Å². The number of furan rings is 1. The number of ether oxygens (including phenoxy) is 1. The number of methoxy groups -OCH3 is 1. The quantitative estimate of drug-likeness (QED) is 0.393. The van der Waals surface area contributed by atoms with E-state index in [1.54, 1.807) is 41.4 Å². The molecule has 0 fully saturated rings. The lowest BCUT2D eigenvalue weighted by Crippen LogP contribution is -2.43. The zero-order chi connectivity index (χ0) is 23.6. The van der Waals surface area contributed by atoms with Crippen LogP contribution >= 0.6 is 0 Å². The molecular weight excluding hydrogens is 425 g/mol. The first-order valence-corrected chi connectivity index (χ1v) is 10.9. The maximum atomic E-state index is 13.4. The first-order valence-electron chi connectivity index (χ1n) is 10.9. The molecule has 0 bridgehead atoms. The molecule has 0 aliphatic rings. The Morgan fingerprint density at radius 3 is 2.45 bits per heavy atom. The third-order valence-electron chi connectivity index (χ3n) is 5.41. The number of aromatic nitrogens is 1. The summed E-state index contributed by atoms with van der Waals surface area (Å²) in [6.07, 6.45) is 4.20. The number of halogens is 1. The molecular formula is C25H30FN3O4. The van der Waals surface area contributed by atoms with Crippen LogP contribution in [-0.2, 0) is 40.9 Å². The highest BCUT2D eigenvalue weighted by Gasteiger charge is 2.23. The van der Waals surface area contributed by atoms with Gasteiger partial charge in [0.05, 0.1) is 32.3 Å². The Morgan fingerprint density at radius 1 is 1.03 bits per heavy atom. The van der Waals surface area contributed by atoms with Crippen molar-refractivity contribution in [2.75, 3.05) is 26.8 Å². The summed E-state index contributed by atoms with van der Waals surface area (Å²) in [4.78, 5) is 29.6. The van der Waals surface area contributed by atoms with Crippen molar-refractivity contribution >= 4 is 11.8 Å². The van der Waals surface area contributed by atoms with Gasteiger partial charge in [0.2, 0.25) is 11.8 Å². The van der Waals surface area contributed by atoms with Crippen LogP contribution in [0, 0.1) is 5.82 Å². The molecule has 3 aromatic rings. The minimum atomic E-state index is -0.354. The number of carbonyl (C=O) groups excluding carboxylic acids is 2. The second kappa shape index (κ2) is 12.0. The Morgan fingerprint density at radius 2 is 1.82 bits per heavy atom. The van der Waals surface area contributed by atoms with Crippen LogP contribution in [0.3, 0.4) is 0 Å². The molecule has 0 radical (unpaired) electrons. The highest BCUT2D eigenvalue weighted by molar-refractivity contribution is 5.85. The average Bonchev–Trinajstić information content (AvgIpc) is 3.46. The number of aryl methyl sites for hydroxylation is 1. The molecule has 0 spiro atoms. The molecule has 0 aliphatic heterocycles. The van der Waals surface area contributed by atoms with Crippen molar-refractivity contribution in [1.82, 2.24) is 14.4 Å². The maximum Gasteiger partial charge on any atom is 0.242 e. The molecule has 176 valence electrons. The van der Waals surface area contributed by atoms with Crippen molar-refractivity contribution in [3.05, 3.63) is 83.8 Å². The second-order valence-electron chi connectivity index (χ2n) is 7.90. The Labute approximate surface area is 193 Å². The van der Waals surface area contributed by atoms with Gasteiger partial charge < -0.3 is 23.5 Å². The predicted molar refractivity (Wildman–Crippen MR) is 122 cm³/mol. The minimum Gasteiger partial charge on any atom is -0.467 e. The Bertz CT molecular complexity index is 1010. The molecule has 0 unspecified atom stereocenters. The second-order valence-corrected chi connectivity index (χ2v) is 7.90. The van der Waals surface area contributed by atoms with E-state index in [9.17, 15) is 14.0 Å². The molecule has 1 aromatic carbocycles. The van der Waals surface area contributed by atoms with Crippen molar-refractivity contribution in [1.29, 1.82) is 0 Å². The predicted octanol–water partition coefficient (Wildman–Crippen LogP) is 3.39. The average molecular weight is 456 g/mol. The van der Waals surface area contributed by atoms with Crippen LogP contribution in [0.2, 0.25) is 0 Å². The SMILES string of the molecule is COCCCN(CC(=O)N(Cc1ccco1)Cc1cccn1C)C(=O)Cc1ccc(F)cc1. The number of nitrogens with zero attached hydrogens (tertiary/aromatic N) is 3. The number of amides is 2. The van der Waals surface area contributed by atoms with E-state index >= 15 is 0 Å². The number of hydrogen-bond acceptors (Lipinski definition) is 4. The number of benzene rings is 1. The van der Waals surface area contributed by atoms with E-state index in [1.165, 1.54) is 12.1 Å². The molecule has 0 N–H and O–H groups in total. The Hall–Kier alpha value is -3.39. The van der Waals surface area contributed by atoms with Gasteiger partial charge >= 0.3 is 0 Å². The monoisotopic (exact) mass is 455 g/mol. The summed E-state index contributed by atoms with van der Waals surface area (Å²) in [7, 11) is 3.52. The van der Waals surface area contributed by atoms with Crippen LogP contribution in [0.15, 0.2) is 65.4 Å². The fourth-order valence-corrected chi connectivity index (χ4v) is 3.52. The summed E-state index contributed by atoms with van der Waals surface area (Å²) in [6, 6.07) is 13.3. The van der Waals surface area contributed by atoms with Crippen LogP contribution in [-0.4, -0.2) is 53.0 Å². The largest absolute Gasteiger partial charge is 0.467 e. The van der Waals surface area contributed by atoms with E-state index in [-0.39, 0.29) is 30.6 Å². The highest BCUT2D eigenvalue weighted by Crippen LogP contribution is 2.13. The van der Waals surface area contributed by atoms with Gasteiger partial charge in [0.1, 0.15) is 11.6 Å². The van der Waals surface area contributed by atoms with Crippen molar-refractivity contribution in [2.45, 2.75) is 25.9 Å². The van der Waals surface area contributed by atoms with Crippen LogP contribution in [0.25, 0.3) is 0 Å². The maximum absolute atomic E-state index is 13.4. The highest BCUT2D eigenvalue weighted by atomic mass is 19.1. The molecule has 33 heavy (non-hydrogen) atoms. The molecule has 0 aliphatic carbocycles. The van der Waals surface area contributed by atoms with Crippen molar-refractivity contribution in [2.24, 2.45) is 7.05 Å². The summed E-state index contributed by atoms with van der Waals surface area (Å²) in [5.74, 6) is -0.0611. The molecule has 7 nitrogen and oxygen atoms in total.